The highest BCUT2D eigenvalue weighted by Crippen LogP contribution is 2.65. The van der Waals surface area contributed by atoms with Gasteiger partial charge in [-0.3, -0.25) is 9.59 Å². The Morgan fingerprint density at radius 3 is 1.73 bits per heavy atom. The molecule has 0 aromatic heterocycles. The molecule has 11 rings (SSSR count). The van der Waals surface area contributed by atoms with Crippen LogP contribution in [0.15, 0.2) is 0 Å². The monoisotopic (exact) mass is 710 g/mol. The van der Waals surface area contributed by atoms with Gasteiger partial charge in [0.05, 0.1) is 11.8 Å². The normalized spacial score (nSPS) is 53.5. The van der Waals surface area contributed by atoms with Crippen molar-refractivity contribution < 1.29 is 42.8 Å². The molecule has 9 heteroatoms. The second-order valence-electron chi connectivity index (χ2n) is 20.4. The third kappa shape index (κ3) is 5.49. The molecule has 0 amide bonds. The quantitative estimate of drug-likeness (QED) is 0.219. The van der Waals surface area contributed by atoms with Gasteiger partial charge in [-0.1, -0.05) is 27.7 Å². The lowest BCUT2D eigenvalue weighted by Crippen LogP contribution is -2.57. The second-order valence-corrected chi connectivity index (χ2v) is 20.4. The van der Waals surface area contributed by atoms with Gasteiger partial charge in [0, 0.05) is 5.41 Å². The number of rotatable bonds is 5. The molecule has 8 aliphatic carbocycles. The smallest absolute Gasteiger partial charge is 0.350 e. The summed E-state index contributed by atoms with van der Waals surface area (Å²) in [4.78, 5) is 38.2. The van der Waals surface area contributed by atoms with Crippen LogP contribution in [0.3, 0.4) is 0 Å². The molecule has 11 fully saturated rings. The van der Waals surface area contributed by atoms with Crippen LogP contribution in [0.25, 0.3) is 0 Å². The van der Waals surface area contributed by atoms with E-state index in [4.69, 9.17) is 28.4 Å². The van der Waals surface area contributed by atoms with Gasteiger partial charge >= 0.3 is 17.9 Å². The van der Waals surface area contributed by atoms with E-state index in [1.54, 1.807) is 13.8 Å². The molecule has 0 aromatic rings. The molecule has 11 aliphatic rings. The number of carbonyl (C=O) groups excluding carboxylic acids is 3. The topological polar surface area (TPSA) is 107 Å². The Morgan fingerprint density at radius 2 is 1.22 bits per heavy atom. The maximum absolute atomic E-state index is 13.2. The van der Waals surface area contributed by atoms with Gasteiger partial charge in [-0.25, -0.2) is 4.79 Å². The van der Waals surface area contributed by atoms with Crippen molar-refractivity contribution in [1.29, 1.82) is 0 Å². The van der Waals surface area contributed by atoms with Crippen molar-refractivity contribution in [2.24, 2.45) is 82.3 Å². The van der Waals surface area contributed by atoms with Gasteiger partial charge in [0.25, 0.3) is 0 Å². The van der Waals surface area contributed by atoms with E-state index in [0.29, 0.717) is 35.5 Å². The van der Waals surface area contributed by atoms with Crippen LogP contribution in [0.2, 0.25) is 0 Å². The molecule has 3 aliphatic heterocycles. The molecule has 0 aromatic carbocycles. The van der Waals surface area contributed by atoms with E-state index in [1.165, 1.54) is 44.9 Å². The highest BCUT2D eigenvalue weighted by Gasteiger charge is 2.65. The molecular formula is C42H62O9. The number of hydrogen-bond acceptors (Lipinski definition) is 9. The third-order valence-corrected chi connectivity index (χ3v) is 17.1. The predicted octanol–water partition coefficient (Wildman–Crippen LogP) is 7.08. The SMILES string of the molecule is CC1C2CC(C(=O)OC(C)(C)C34CC5CC(CC(C5)C3)C4)C(C2)C1C.CC1C2CC(C(=O)OC3C(=O)OC4C5OC(C)(C)OC5OC34)C(C2)C1C. The van der Waals surface area contributed by atoms with E-state index < -0.39 is 42.5 Å². The summed E-state index contributed by atoms with van der Waals surface area (Å²) in [5.41, 5.74) is -0.00921. The van der Waals surface area contributed by atoms with Crippen LogP contribution in [0.5, 0.6) is 0 Å². The largest absolute Gasteiger partial charge is 0.459 e. The highest BCUT2D eigenvalue weighted by atomic mass is 16.9. The minimum Gasteiger partial charge on any atom is -0.459 e. The van der Waals surface area contributed by atoms with Gasteiger partial charge < -0.3 is 28.4 Å². The summed E-state index contributed by atoms with van der Waals surface area (Å²) in [7, 11) is 0. The van der Waals surface area contributed by atoms with Gasteiger partial charge in [0.1, 0.15) is 11.7 Å². The van der Waals surface area contributed by atoms with Crippen LogP contribution in [-0.4, -0.2) is 60.0 Å². The van der Waals surface area contributed by atoms with Gasteiger partial charge in [-0.15, -0.1) is 0 Å². The predicted molar refractivity (Wildman–Crippen MR) is 185 cm³/mol. The molecule has 9 nitrogen and oxygen atoms in total. The van der Waals surface area contributed by atoms with E-state index in [1.807, 2.05) is 0 Å². The lowest BCUT2D eigenvalue weighted by molar-refractivity contribution is -0.217. The molecule has 51 heavy (non-hydrogen) atoms. The summed E-state index contributed by atoms with van der Waals surface area (Å²) < 4.78 is 34.7. The van der Waals surface area contributed by atoms with E-state index in [2.05, 4.69) is 41.5 Å². The summed E-state index contributed by atoms with van der Waals surface area (Å²) in [5, 5.41) is 0. The van der Waals surface area contributed by atoms with Crippen LogP contribution in [0.1, 0.15) is 120 Å². The molecule has 8 saturated carbocycles. The standard InChI is InChI=1S/C23H36O2.C19H26O7/c1-13-14(2)19-8-18(13)9-20(19)21(24)25-22(3,4)23-10-15-5-16(11-23)7-17(6-15)12-23;1-7-8(2)10-5-9(7)6-11(10)16(20)23-14-12-13(22-17(14)21)15-18(24-12)26-19(3,4)25-15/h13-20H,5-12H2,1-4H3;7-15,18H,5-6H2,1-4H3. The summed E-state index contributed by atoms with van der Waals surface area (Å²) in [6.45, 7) is 17.3. The Kier molecular flexibility index (Phi) is 8.17. The summed E-state index contributed by atoms with van der Waals surface area (Å²) in [6.07, 6.45) is 9.21. The molecule has 284 valence electrons. The van der Waals surface area contributed by atoms with Crippen molar-refractivity contribution in [2.45, 2.75) is 162 Å². The van der Waals surface area contributed by atoms with Crippen molar-refractivity contribution in [3.8, 4) is 0 Å². The van der Waals surface area contributed by atoms with Crippen molar-refractivity contribution in [3.63, 3.8) is 0 Å². The lowest BCUT2D eigenvalue weighted by atomic mass is 9.46. The Balaban J connectivity index is 0.000000137. The van der Waals surface area contributed by atoms with Crippen LogP contribution < -0.4 is 0 Å². The molecule has 0 radical (unpaired) electrons. The van der Waals surface area contributed by atoms with Crippen molar-refractivity contribution in [2.75, 3.05) is 0 Å². The molecule has 0 spiro atoms. The first-order valence-corrected chi connectivity index (χ1v) is 20.7. The number of ether oxygens (including phenoxy) is 6. The fraction of sp³-hybridized carbons (Fsp3) is 0.929. The fourth-order valence-corrected chi connectivity index (χ4v) is 14.3. The average Bonchev–Trinajstić information content (AvgIpc) is 3.90. The highest BCUT2D eigenvalue weighted by molar-refractivity contribution is 5.83. The maximum Gasteiger partial charge on any atom is 0.350 e. The third-order valence-electron chi connectivity index (χ3n) is 17.1. The van der Waals surface area contributed by atoms with Crippen LogP contribution >= 0.6 is 0 Å². The molecule has 3 heterocycles. The van der Waals surface area contributed by atoms with E-state index >= 15 is 0 Å². The second kappa shape index (κ2) is 11.9. The summed E-state index contributed by atoms with van der Waals surface area (Å²) in [5.74, 6) is 6.26. The summed E-state index contributed by atoms with van der Waals surface area (Å²) >= 11 is 0. The van der Waals surface area contributed by atoms with Crippen LogP contribution in [0, 0.1) is 82.3 Å². The van der Waals surface area contributed by atoms with Crippen LogP contribution in [0.4, 0.5) is 0 Å². The molecule has 8 bridgehead atoms. The summed E-state index contributed by atoms with van der Waals surface area (Å²) in [6, 6.07) is 0. The number of fused-ring (bicyclic) bond motifs is 7. The van der Waals surface area contributed by atoms with Crippen molar-refractivity contribution in [1.82, 2.24) is 0 Å². The van der Waals surface area contributed by atoms with Crippen LogP contribution in [-0.2, 0) is 42.8 Å². The first kappa shape index (κ1) is 35.0. The minimum absolute atomic E-state index is 0.120. The zero-order valence-electron chi connectivity index (χ0n) is 32.1. The Hall–Kier alpha value is -1.71. The maximum atomic E-state index is 13.2. The molecule has 15 unspecified atom stereocenters. The average molecular weight is 711 g/mol. The van der Waals surface area contributed by atoms with Gasteiger partial charge in [-0.2, -0.15) is 0 Å². The van der Waals surface area contributed by atoms with Crippen molar-refractivity contribution in [3.05, 3.63) is 0 Å². The zero-order chi connectivity index (χ0) is 35.9. The zero-order valence-corrected chi connectivity index (χ0v) is 32.1. The first-order chi connectivity index (χ1) is 24.0. The van der Waals surface area contributed by atoms with E-state index in [-0.39, 0.29) is 34.8 Å². The molecular weight excluding hydrogens is 648 g/mol. The molecule has 3 saturated heterocycles. The van der Waals surface area contributed by atoms with Gasteiger partial charge in [-0.05, 0) is 157 Å². The number of hydrogen-bond donors (Lipinski definition) is 0. The molecule has 15 atom stereocenters. The Bertz CT molecular complexity index is 1400. The number of carbonyl (C=O) groups is 3. The Morgan fingerprint density at radius 1 is 0.686 bits per heavy atom. The van der Waals surface area contributed by atoms with Crippen molar-refractivity contribution >= 4 is 17.9 Å². The first-order valence-electron chi connectivity index (χ1n) is 20.7. The lowest BCUT2D eigenvalue weighted by Gasteiger charge is -2.61. The molecule has 0 N–H and O–H groups in total. The minimum atomic E-state index is -1.03. The number of esters is 3. The van der Waals surface area contributed by atoms with E-state index in [0.717, 1.165) is 48.9 Å². The van der Waals surface area contributed by atoms with Gasteiger partial charge in [0.2, 0.25) is 6.10 Å². The van der Waals surface area contributed by atoms with Gasteiger partial charge in [0.15, 0.2) is 24.3 Å². The Labute approximate surface area is 304 Å². The fourth-order valence-electron chi connectivity index (χ4n) is 14.3. The van der Waals surface area contributed by atoms with E-state index in [9.17, 15) is 14.4 Å².